The summed E-state index contributed by atoms with van der Waals surface area (Å²) in [6.07, 6.45) is -0.252. The van der Waals surface area contributed by atoms with E-state index in [9.17, 15) is 24.3 Å². The van der Waals surface area contributed by atoms with Gasteiger partial charge >= 0.3 is 5.97 Å². The van der Waals surface area contributed by atoms with Crippen LogP contribution in [0.25, 0.3) is 0 Å². The molecule has 1 heterocycles. The van der Waals surface area contributed by atoms with Crippen molar-refractivity contribution in [3.8, 4) is 11.5 Å². The Hall–Kier alpha value is -2.74. The molecule has 0 radical (unpaired) electrons. The summed E-state index contributed by atoms with van der Waals surface area (Å²) in [6.45, 7) is 3.16. The molecule has 0 bridgehead atoms. The molecular weight excluding hydrogens is 380 g/mol. The Morgan fingerprint density at radius 2 is 1.76 bits per heavy atom. The average Bonchev–Trinajstić information content (AvgIpc) is 2.69. The molecule has 0 amide bonds. The summed E-state index contributed by atoms with van der Waals surface area (Å²) in [5.74, 6) is -3.51. The molecule has 8 nitrogen and oxygen atoms in total. The summed E-state index contributed by atoms with van der Waals surface area (Å²) in [7, 11) is 0. The van der Waals surface area contributed by atoms with Crippen LogP contribution in [0.15, 0.2) is 12.1 Å². The summed E-state index contributed by atoms with van der Waals surface area (Å²) in [6, 6.07) is 2.76. The van der Waals surface area contributed by atoms with E-state index in [4.69, 9.17) is 14.6 Å². The van der Waals surface area contributed by atoms with Crippen LogP contribution in [0.5, 0.6) is 11.5 Å². The van der Waals surface area contributed by atoms with Gasteiger partial charge in [0, 0.05) is 18.4 Å². The number of hydrogen-bond acceptors (Lipinski definition) is 8. The molecule has 1 aliphatic heterocycles. The monoisotopic (exact) mass is 406 g/mol. The number of aromatic hydroxyl groups is 1. The third-order valence-corrected chi connectivity index (χ3v) is 5.06. The van der Waals surface area contributed by atoms with Crippen LogP contribution in [0.1, 0.15) is 55.5 Å². The van der Waals surface area contributed by atoms with E-state index in [2.05, 4.69) is 0 Å². The molecule has 0 aliphatic carbocycles. The first kappa shape index (κ1) is 22.5. The van der Waals surface area contributed by atoms with Crippen LogP contribution in [0.4, 0.5) is 0 Å². The quantitative estimate of drug-likeness (QED) is 0.574. The second-order valence-corrected chi connectivity index (χ2v) is 7.16. The number of cyclic esters (lactones) is 1. The first-order chi connectivity index (χ1) is 13.8. The molecule has 0 saturated heterocycles. The fourth-order valence-corrected chi connectivity index (χ4v) is 3.13. The lowest BCUT2D eigenvalue weighted by atomic mass is 9.94. The number of rotatable bonds is 3. The molecule has 1 aliphatic rings. The van der Waals surface area contributed by atoms with Crippen LogP contribution in [-0.4, -0.2) is 52.8 Å². The molecule has 0 aromatic heterocycles. The Bertz CT molecular complexity index is 798. The molecule has 158 valence electrons. The molecule has 0 spiro atoms. The number of Topliss-reactive ketones (excluding diaryl/α,β-unsaturated/α-hetero) is 3. The highest BCUT2D eigenvalue weighted by Crippen LogP contribution is 2.33. The van der Waals surface area contributed by atoms with Crippen molar-refractivity contribution in [3.05, 3.63) is 23.3 Å². The summed E-state index contributed by atoms with van der Waals surface area (Å²) in [4.78, 5) is 48.8. The highest BCUT2D eigenvalue weighted by molar-refractivity contribution is 6.63. The Kier molecular flexibility index (Phi) is 7.90. The van der Waals surface area contributed by atoms with Crippen LogP contribution >= 0.6 is 0 Å². The molecule has 0 saturated carbocycles. The number of benzene rings is 1. The van der Waals surface area contributed by atoms with Crippen molar-refractivity contribution in [2.45, 2.75) is 52.1 Å². The number of carbonyl (C=O) groups is 4. The number of carbonyl (C=O) groups excluding carboxylic acids is 4. The van der Waals surface area contributed by atoms with Gasteiger partial charge in [0.15, 0.2) is 0 Å². The minimum absolute atomic E-state index is 0.0222. The van der Waals surface area contributed by atoms with Gasteiger partial charge in [-0.1, -0.05) is 6.92 Å². The van der Waals surface area contributed by atoms with E-state index in [0.717, 1.165) is 0 Å². The van der Waals surface area contributed by atoms with Crippen molar-refractivity contribution in [1.29, 1.82) is 0 Å². The zero-order chi connectivity index (χ0) is 21.6. The minimum Gasteiger partial charge on any atom is -0.507 e. The Morgan fingerprint density at radius 1 is 1.07 bits per heavy atom. The number of aliphatic hydroxyl groups excluding tert-OH is 1. The number of hydrogen-bond donors (Lipinski definition) is 2. The van der Waals surface area contributed by atoms with Crippen LogP contribution in [-0.2, 0) is 25.5 Å². The van der Waals surface area contributed by atoms with E-state index in [1.165, 1.54) is 12.1 Å². The van der Waals surface area contributed by atoms with Gasteiger partial charge in [-0.15, -0.1) is 0 Å². The van der Waals surface area contributed by atoms with E-state index in [1.54, 1.807) is 13.8 Å². The van der Waals surface area contributed by atoms with E-state index in [-0.39, 0.29) is 68.3 Å². The number of esters is 1. The maximum Gasteiger partial charge on any atom is 0.342 e. The molecule has 2 rings (SSSR count). The van der Waals surface area contributed by atoms with E-state index in [0.29, 0.717) is 5.56 Å². The zero-order valence-electron chi connectivity index (χ0n) is 16.6. The summed E-state index contributed by atoms with van der Waals surface area (Å²) in [5.41, 5.74) is 0.262. The van der Waals surface area contributed by atoms with Crippen LogP contribution in [0.3, 0.4) is 0 Å². The highest BCUT2D eigenvalue weighted by atomic mass is 16.5. The molecule has 0 fully saturated rings. The largest absolute Gasteiger partial charge is 0.507 e. The number of ketones is 3. The maximum absolute atomic E-state index is 12.8. The van der Waals surface area contributed by atoms with Crippen LogP contribution in [0, 0.1) is 5.92 Å². The molecule has 1 aromatic rings. The normalized spacial score (nSPS) is 21.9. The highest BCUT2D eigenvalue weighted by Gasteiger charge is 2.28. The Morgan fingerprint density at radius 3 is 2.45 bits per heavy atom. The molecule has 2 atom stereocenters. The number of fused-ring (bicyclic) bond motifs is 1. The Balaban J connectivity index is 2.43. The zero-order valence-corrected chi connectivity index (χ0v) is 16.6. The van der Waals surface area contributed by atoms with Gasteiger partial charge in [-0.25, -0.2) is 4.79 Å². The average molecular weight is 406 g/mol. The van der Waals surface area contributed by atoms with Crippen LogP contribution < -0.4 is 4.74 Å². The van der Waals surface area contributed by atoms with E-state index in [1.807, 2.05) is 0 Å². The van der Waals surface area contributed by atoms with Gasteiger partial charge in [0.25, 0.3) is 5.78 Å². The third-order valence-electron chi connectivity index (χ3n) is 5.06. The molecule has 0 unspecified atom stereocenters. The van der Waals surface area contributed by atoms with Gasteiger partial charge in [-0.05, 0) is 44.2 Å². The van der Waals surface area contributed by atoms with Crippen molar-refractivity contribution in [3.63, 3.8) is 0 Å². The van der Waals surface area contributed by atoms with E-state index >= 15 is 0 Å². The number of ether oxygens (including phenoxy) is 2. The fraction of sp³-hybridized carbons (Fsp3) is 0.524. The van der Waals surface area contributed by atoms with E-state index < -0.39 is 29.4 Å². The second-order valence-electron chi connectivity index (χ2n) is 7.16. The third kappa shape index (κ3) is 5.63. The first-order valence-electron chi connectivity index (χ1n) is 9.66. The van der Waals surface area contributed by atoms with Gasteiger partial charge in [0.2, 0.25) is 11.6 Å². The van der Waals surface area contributed by atoms with Gasteiger partial charge in [-0.2, -0.15) is 0 Å². The SMILES string of the molecule is C[C@@H]1OC(=O)c2c(O)ccc(OCCO)c2CCCC(=O)C(=O)C(=O)CC[C@@H]1C. The van der Waals surface area contributed by atoms with Gasteiger partial charge in [0.05, 0.1) is 6.61 Å². The fourth-order valence-electron chi connectivity index (χ4n) is 3.13. The predicted octanol–water partition coefficient (Wildman–Crippen LogP) is 1.77. The number of aliphatic hydroxyl groups is 1. The maximum atomic E-state index is 12.8. The Labute approximate surface area is 168 Å². The van der Waals surface area contributed by atoms with Crippen LogP contribution in [0.2, 0.25) is 0 Å². The number of phenolic OH excluding ortho intramolecular Hbond substituents is 1. The molecule has 1 aromatic carbocycles. The van der Waals surface area contributed by atoms with Crippen molar-refractivity contribution in [1.82, 2.24) is 0 Å². The predicted molar refractivity (Wildman–Crippen MR) is 102 cm³/mol. The smallest absolute Gasteiger partial charge is 0.342 e. The molecule has 2 N–H and O–H groups in total. The topological polar surface area (TPSA) is 127 Å². The molecular formula is C21H26O8. The summed E-state index contributed by atoms with van der Waals surface area (Å²) < 4.78 is 11.0. The lowest BCUT2D eigenvalue weighted by Gasteiger charge is -2.22. The summed E-state index contributed by atoms with van der Waals surface area (Å²) in [5, 5.41) is 19.3. The second kappa shape index (κ2) is 10.2. The molecule has 8 heteroatoms. The van der Waals surface area contributed by atoms with Gasteiger partial charge in [0.1, 0.15) is 29.8 Å². The number of phenols is 1. The first-order valence-corrected chi connectivity index (χ1v) is 9.66. The lowest BCUT2D eigenvalue weighted by Crippen LogP contribution is -2.27. The summed E-state index contributed by atoms with van der Waals surface area (Å²) >= 11 is 0. The van der Waals surface area contributed by atoms with Gasteiger partial charge < -0.3 is 19.7 Å². The van der Waals surface area contributed by atoms with Crippen molar-refractivity contribution >= 4 is 23.3 Å². The molecule has 29 heavy (non-hydrogen) atoms. The minimum atomic E-state index is -1.01. The standard InChI is InChI=1S/C21H26O8/c1-12-6-7-17(25)20(26)16(24)5-3-4-14-18(28-11-10-22)9-8-15(23)19(14)21(27)29-13(12)2/h8-9,12-13,22-23H,3-7,10-11H2,1-2H3/t12-,13-/m0/s1. The van der Waals surface area contributed by atoms with Gasteiger partial charge in [-0.3, -0.25) is 14.4 Å². The lowest BCUT2D eigenvalue weighted by molar-refractivity contribution is -0.144. The van der Waals surface area contributed by atoms with Crippen molar-refractivity contribution in [2.24, 2.45) is 5.92 Å². The van der Waals surface area contributed by atoms with Crippen molar-refractivity contribution in [2.75, 3.05) is 13.2 Å². The van der Waals surface area contributed by atoms with Crippen molar-refractivity contribution < 1.29 is 38.9 Å².